The molecule has 0 aliphatic carbocycles. The predicted molar refractivity (Wildman–Crippen MR) is 53.7 cm³/mol. The van der Waals surface area contributed by atoms with Crippen molar-refractivity contribution in [2.24, 2.45) is 11.5 Å². The molecule has 1 rings (SSSR count). The van der Waals surface area contributed by atoms with Gasteiger partial charge in [-0.05, 0) is 19.0 Å². The summed E-state index contributed by atoms with van der Waals surface area (Å²) in [5.41, 5.74) is 11.7. The first-order chi connectivity index (χ1) is 7.15. The van der Waals surface area contributed by atoms with E-state index >= 15 is 0 Å². The maximum atomic E-state index is 12.1. The van der Waals surface area contributed by atoms with Crippen LogP contribution in [-0.4, -0.2) is 13.2 Å². The predicted octanol–water partition coefficient (Wildman–Crippen LogP) is 1.64. The molecule has 0 saturated heterocycles. The molecule has 0 saturated carbocycles. The van der Waals surface area contributed by atoms with E-state index in [1.54, 1.807) is 18.2 Å². The van der Waals surface area contributed by atoms with E-state index in [1.807, 2.05) is 0 Å². The van der Waals surface area contributed by atoms with Gasteiger partial charge < -0.3 is 16.2 Å². The molecule has 0 heterocycles. The molecule has 0 aliphatic rings. The number of rotatable bonds is 5. The molecule has 0 bridgehead atoms. The summed E-state index contributed by atoms with van der Waals surface area (Å²) in [7, 11) is 0. The van der Waals surface area contributed by atoms with Crippen molar-refractivity contribution in [2.45, 2.75) is 19.1 Å². The van der Waals surface area contributed by atoms with Gasteiger partial charge in [0.25, 0.3) is 0 Å². The minimum Gasteiger partial charge on any atom is -0.434 e. The molecule has 3 nitrogen and oxygen atoms in total. The van der Waals surface area contributed by atoms with Gasteiger partial charge in [-0.3, -0.25) is 0 Å². The summed E-state index contributed by atoms with van der Waals surface area (Å²) in [6.07, 6.45) is 0.531. The number of benzene rings is 1. The molecule has 0 unspecified atom stereocenters. The van der Waals surface area contributed by atoms with Crippen LogP contribution in [0, 0.1) is 0 Å². The molecule has 15 heavy (non-hydrogen) atoms. The van der Waals surface area contributed by atoms with Crippen molar-refractivity contribution in [3.8, 4) is 5.75 Å². The third-order valence-corrected chi connectivity index (χ3v) is 2.01. The summed E-state index contributed by atoms with van der Waals surface area (Å²) < 4.78 is 28.5. The van der Waals surface area contributed by atoms with Crippen molar-refractivity contribution in [3.05, 3.63) is 29.8 Å². The lowest BCUT2D eigenvalue weighted by Gasteiger charge is -2.15. The van der Waals surface area contributed by atoms with E-state index in [0.29, 0.717) is 18.5 Å². The van der Waals surface area contributed by atoms with Crippen LogP contribution in [0.2, 0.25) is 0 Å². The van der Waals surface area contributed by atoms with E-state index < -0.39 is 6.61 Å². The van der Waals surface area contributed by atoms with Gasteiger partial charge in [0.1, 0.15) is 5.75 Å². The Kier molecular flexibility index (Phi) is 4.45. The molecule has 84 valence electrons. The van der Waals surface area contributed by atoms with Crippen molar-refractivity contribution in [1.82, 2.24) is 0 Å². The van der Waals surface area contributed by atoms with E-state index in [2.05, 4.69) is 4.74 Å². The lowest BCUT2D eigenvalue weighted by atomic mass is 10.0. The first kappa shape index (κ1) is 11.9. The average Bonchev–Trinajstić information content (AvgIpc) is 2.18. The quantitative estimate of drug-likeness (QED) is 0.786. The van der Waals surface area contributed by atoms with Crippen LogP contribution in [0.4, 0.5) is 8.78 Å². The van der Waals surface area contributed by atoms with E-state index in [4.69, 9.17) is 11.5 Å². The Morgan fingerprint density at radius 1 is 1.27 bits per heavy atom. The van der Waals surface area contributed by atoms with Gasteiger partial charge in [-0.25, -0.2) is 0 Å². The van der Waals surface area contributed by atoms with Crippen molar-refractivity contribution in [3.63, 3.8) is 0 Å². The van der Waals surface area contributed by atoms with Crippen LogP contribution in [0.5, 0.6) is 5.75 Å². The van der Waals surface area contributed by atoms with Gasteiger partial charge in [-0.15, -0.1) is 0 Å². The highest BCUT2D eigenvalue weighted by atomic mass is 19.3. The van der Waals surface area contributed by atoms with Crippen LogP contribution in [-0.2, 0) is 0 Å². The van der Waals surface area contributed by atoms with E-state index in [0.717, 1.165) is 0 Å². The van der Waals surface area contributed by atoms with Gasteiger partial charge in [0.05, 0.1) is 0 Å². The lowest BCUT2D eigenvalue weighted by molar-refractivity contribution is -0.0506. The fourth-order valence-corrected chi connectivity index (χ4v) is 1.33. The number of hydrogen-bond acceptors (Lipinski definition) is 3. The Morgan fingerprint density at radius 3 is 2.53 bits per heavy atom. The van der Waals surface area contributed by atoms with E-state index in [-0.39, 0.29) is 11.8 Å². The van der Waals surface area contributed by atoms with E-state index in [9.17, 15) is 8.78 Å². The molecule has 0 radical (unpaired) electrons. The lowest BCUT2D eigenvalue weighted by Crippen LogP contribution is -2.17. The summed E-state index contributed by atoms with van der Waals surface area (Å²) in [6, 6.07) is 6.11. The molecule has 0 amide bonds. The number of ether oxygens (including phenoxy) is 1. The largest absolute Gasteiger partial charge is 0.434 e. The molecular weight excluding hydrogens is 202 g/mol. The zero-order chi connectivity index (χ0) is 11.3. The van der Waals surface area contributed by atoms with Gasteiger partial charge in [-0.2, -0.15) is 8.78 Å². The summed E-state index contributed by atoms with van der Waals surface area (Å²) in [5.74, 6) is 0.119. The molecule has 0 fully saturated rings. The fourth-order valence-electron chi connectivity index (χ4n) is 1.33. The monoisotopic (exact) mass is 216 g/mol. The molecule has 1 aromatic rings. The highest BCUT2D eigenvalue weighted by molar-refractivity contribution is 5.35. The second kappa shape index (κ2) is 5.63. The van der Waals surface area contributed by atoms with Crippen LogP contribution in [0.25, 0.3) is 0 Å². The number of para-hydroxylation sites is 1. The van der Waals surface area contributed by atoms with Crippen molar-refractivity contribution < 1.29 is 13.5 Å². The first-order valence-corrected chi connectivity index (χ1v) is 4.64. The van der Waals surface area contributed by atoms with Crippen molar-refractivity contribution in [2.75, 3.05) is 6.54 Å². The van der Waals surface area contributed by atoms with Gasteiger partial charge in [0, 0.05) is 11.6 Å². The second-order valence-electron chi connectivity index (χ2n) is 3.10. The minimum atomic E-state index is -2.84. The number of hydrogen-bond donors (Lipinski definition) is 2. The Hall–Kier alpha value is -1.20. The molecule has 0 spiro atoms. The summed E-state index contributed by atoms with van der Waals surface area (Å²) >= 11 is 0. The Morgan fingerprint density at radius 2 is 1.93 bits per heavy atom. The van der Waals surface area contributed by atoms with Crippen LogP contribution in [0.1, 0.15) is 18.0 Å². The second-order valence-corrected chi connectivity index (χ2v) is 3.10. The Balaban J connectivity index is 2.85. The Labute approximate surface area is 87.0 Å². The Bertz CT molecular complexity index is 307. The van der Waals surface area contributed by atoms with Gasteiger partial charge in [0.2, 0.25) is 0 Å². The molecule has 5 heteroatoms. The van der Waals surface area contributed by atoms with Crippen molar-refractivity contribution in [1.29, 1.82) is 0 Å². The average molecular weight is 216 g/mol. The van der Waals surface area contributed by atoms with E-state index in [1.165, 1.54) is 6.07 Å². The summed E-state index contributed by atoms with van der Waals surface area (Å²) in [5, 5.41) is 0. The zero-order valence-corrected chi connectivity index (χ0v) is 8.20. The maximum absolute atomic E-state index is 12.1. The normalized spacial score (nSPS) is 12.9. The molecule has 4 N–H and O–H groups in total. The first-order valence-electron chi connectivity index (χ1n) is 4.64. The van der Waals surface area contributed by atoms with Gasteiger partial charge >= 0.3 is 6.61 Å². The minimum absolute atomic E-state index is 0.119. The molecule has 1 aromatic carbocycles. The fraction of sp³-hybridized carbons (Fsp3) is 0.400. The SMILES string of the molecule is NCC[C@@H](N)c1ccccc1OC(F)F. The number of halogens is 2. The molecular formula is C10H14F2N2O. The molecule has 0 aromatic heterocycles. The summed E-state index contributed by atoms with van der Waals surface area (Å²) in [6.45, 7) is -2.43. The highest BCUT2D eigenvalue weighted by Crippen LogP contribution is 2.26. The zero-order valence-electron chi connectivity index (χ0n) is 8.20. The summed E-state index contributed by atoms with van der Waals surface area (Å²) in [4.78, 5) is 0. The van der Waals surface area contributed by atoms with Crippen LogP contribution in [0.15, 0.2) is 24.3 Å². The standard InChI is InChI=1S/C10H14F2N2O/c11-10(12)15-9-4-2-1-3-7(9)8(14)5-6-13/h1-4,8,10H,5-6,13-14H2/t8-/m1/s1. The topological polar surface area (TPSA) is 61.3 Å². The smallest absolute Gasteiger partial charge is 0.387 e. The third-order valence-electron chi connectivity index (χ3n) is 2.01. The number of alkyl halides is 2. The third kappa shape index (κ3) is 3.45. The van der Waals surface area contributed by atoms with Crippen LogP contribution < -0.4 is 16.2 Å². The molecule has 1 atom stereocenters. The maximum Gasteiger partial charge on any atom is 0.387 e. The highest BCUT2D eigenvalue weighted by Gasteiger charge is 2.13. The van der Waals surface area contributed by atoms with Gasteiger partial charge in [0.15, 0.2) is 0 Å². The van der Waals surface area contributed by atoms with Crippen LogP contribution >= 0.6 is 0 Å². The van der Waals surface area contributed by atoms with Gasteiger partial charge in [-0.1, -0.05) is 18.2 Å². The molecule has 0 aliphatic heterocycles. The number of nitrogens with two attached hydrogens (primary N) is 2. The van der Waals surface area contributed by atoms with Crippen LogP contribution in [0.3, 0.4) is 0 Å². The van der Waals surface area contributed by atoms with Crippen molar-refractivity contribution >= 4 is 0 Å².